The third kappa shape index (κ3) is 5.93. The molecular formula is C28H36N4O3S. The van der Waals surface area contributed by atoms with Gasteiger partial charge in [-0.3, -0.25) is 9.79 Å². The third-order valence-electron chi connectivity index (χ3n) is 6.65. The Labute approximate surface area is 218 Å². The van der Waals surface area contributed by atoms with Gasteiger partial charge in [-0.25, -0.2) is 4.99 Å². The van der Waals surface area contributed by atoms with Crippen LogP contribution < -0.4 is 14.8 Å². The summed E-state index contributed by atoms with van der Waals surface area (Å²) < 4.78 is 10.6. The molecule has 0 bridgehead atoms. The molecule has 36 heavy (non-hydrogen) atoms. The first kappa shape index (κ1) is 26.2. The lowest BCUT2D eigenvalue weighted by Crippen LogP contribution is -2.39. The number of hydrogen-bond donors (Lipinski definition) is 1. The summed E-state index contributed by atoms with van der Waals surface area (Å²) in [6.07, 6.45) is 1.77. The average Bonchev–Trinajstić information content (AvgIpc) is 3.22. The maximum absolute atomic E-state index is 12.8. The van der Waals surface area contributed by atoms with Crippen LogP contribution in [0.3, 0.4) is 0 Å². The van der Waals surface area contributed by atoms with Gasteiger partial charge in [-0.05, 0) is 30.2 Å². The second-order valence-electron chi connectivity index (χ2n) is 10.4. The van der Waals surface area contributed by atoms with Crippen LogP contribution in [0.25, 0.3) is 0 Å². The van der Waals surface area contributed by atoms with Gasteiger partial charge in [0.2, 0.25) is 5.91 Å². The molecule has 4 rings (SSSR count). The highest BCUT2D eigenvalue weighted by Crippen LogP contribution is 2.36. The van der Waals surface area contributed by atoms with E-state index in [4.69, 9.17) is 19.5 Å². The van der Waals surface area contributed by atoms with Gasteiger partial charge < -0.3 is 19.7 Å². The summed E-state index contributed by atoms with van der Waals surface area (Å²) in [5, 5.41) is 3.79. The van der Waals surface area contributed by atoms with Crippen LogP contribution in [0.1, 0.15) is 44.7 Å². The molecule has 0 aliphatic carbocycles. The number of carbonyl (C=O) groups is 1. The second kappa shape index (κ2) is 10.6. The number of thioether (sulfide) groups is 1. The van der Waals surface area contributed by atoms with Crippen molar-refractivity contribution < 1.29 is 14.3 Å². The molecular weight excluding hydrogens is 472 g/mol. The number of rotatable bonds is 6. The van der Waals surface area contributed by atoms with E-state index in [0.29, 0.717) is 17.2 Å². The third-order valence-corrected chi connectivity index (χ3v) is 7.62. The van der Waals surface area contributed by atoms with Crippen molar-refractivity contribution in [3.8, 4) is 11.5 Å². The van der Waals surface area contributed by atoms with E-state index in [1.165, 1.54) is 17.3 Å². The molecule has 0 atom stereocenters. The number of methoxy groups -OCH3 is 2. The van der Waals surface area contributed by atoms with Crippen molar-refractivity contribution in [3.63, 3.8) is 0 Å². The molecule has 2 aromatic carbocycles. The van der Waals surface area contributed by atoms with Gasteiger partial charge in [0.1, 0.15) is 5.04 Å². The zero-order chi connectivity index (χ0) is 25.9. The second-order valence-corrected chi connectivity index (χ2v) is 11.4. The monoisotopic (exact) mass is 508 g/mol. The Bertz CT molecular complexity index is 1160. The number of benzene rings is 2. The molecule has 2 heterocycles. The minimum atomic E-state index is -0.424. The van der Waals surface area contributed by atoms with Crippen LogP contribution in [-0.4, -0.2) is 67.3 Å². The minimum absolute atomic E-state index is 0.0824. The molecule has 8 heteroatoms. The van der Waals surface area contributed by atoms with Crippen LogP contribution in [0.5, 0.6) is 11.5 Å². The van der Waals surface area contributed by atoms with Crippen LogP contribution in [-0.2, 0) is 10.2 Å². The first-order chi connectivity index (χ1) is 17.1. The van der Waals surface area contributed by atoms with Crippen molar-refractivity contribution in [2.24, 2.45) is 9.98 Å². The Kier molecular flexibility index (Phi) is 7.76. The molecule has 0 saturated carbocycles. The Morgan fingerprint density at radius 2 is 1.69 bits per heavy atom. The number of nitrogens with zero attached hydrogens (tertiary/aromatic N) is 3. The maximum atomic E-state index is 12.8. The number of anilines is 1. The molecule has 1 N–H and O–H groups in total. The topological polar surface area (TPSA) is 75.5 Å². The van der Waals surface area contributed by atoms with E-state index < -0.39 is 5.66 Å². The fraction of sp³-hybridized carbons (Fsp3) is 0.464. The van der Waals surface area contributed by atoms with Crippen LogP contribution in [0.2, 0.25) is 0 Å². The first-order valence-corrected chi connectivity index (χ1v) is 13.3. The van der Waals surface area contributed by atoms with E-state index in [9.17, 15) is 4.79 Å². The Balaban J connectivity index is 1.51. The lowest BCUT2D eigenvalue weighted by Gasteiger charge is -2.33. The smallest absolute Gasteiger partial charge is 0.234 e. The Hall–Kier alpha value is -2.84. The maximum Gasteiger partial charge on any atom is 0.234 e. The van der Waals surface area contributed by atoms with E-state index in [0.717, 1.165) is 42.3 Å². The molecule has 2 aliphatic rings. The Morgan fingerprint density at radius 1 is 1.03 bits per heavy atom. The number of ether oxygens (including phenoxy) is 2. The molecule has 7 nitrogen and oxygen atoms in total. The summed E-state index contributed by atoms with van der Waals surface area (Å²) in [6, 6.07) is 13.9. The van der Waals surface area contributed by atoms with Gasteiger partial charge in [-0.2, -0.15) is 0 Å². The lowest BCUT2D eigenvalue weighted by molar-refractivity contribution is -0.113. The van der Waals surface area contributed by atoms with Crippen molar-refractivity contribution in [3.05, 3.63) is 53.6 Å². The van der Waals surface area contributed by atoms with E-state index in [2.05, 4.69) is 62.3 Å². The molecule has 0 aromatic heterocycles. The van der Waals surface area contributed by atoms with E-state index in [1.807, 2.05) is 0 Å². The highest BCUT2D eigenvalue weighted by molar-refractivity contribution is 8.16. The number of carbonyl (C=O) groups excluding carboxylic acids is 1. The number of likely N-dealkylation sites (tertiary alicyclic amines) is 1. The van der Waals surface area contributed by atoms with E-state index in [-0.39, 0.29) is 17.1 Å². The molecule has 192 valence electrons. The summed E-state index contributed by atoms with van der Waals surface area (Å²) in [6.45, 7) is 8.55. The van der Waals surface area contributed by atoms with Crippen LogP contribution in [0.15, 0.2) is 52.4 Å². The molecule has 2 aliphatic heterocycles. The number of nitrogens with one attached hydrogen (secondary N) is 1. The molecule has 1 fully saturated rings. The largest absolute Gasteiger partial charge is 0.493 e. The van der Waals surface area contributed by atoms with E-state index >= 15 is 0 Å². The van der Waals surface area contributed by atoms with Crippen LogP contribution in [0.4, 0.5) is 5.69 Å². The number of aliphatic imine (C=N–C) groups is 2. The number of hydrogen-bond acceptors (Lipinski definition) is 7. The lowest BCUT2D eigenvalue weighted by atomic mass is 9.86. The molecule has 0 unspecified atom stereocenters. The zero-order valence-electron chi connectivity index (χ0n) is 22.1. The summed E-state index contributed by atoms with van der Waals surface area (Å²) >= 11 is 1.45. The minimum Gasteiger partial charge on any atom is -0.493 e. The fourth-order valence-electron chi connectivity index (χ4n) is 4.38. The fourth-order valence-corrected chi connectivity index (χ4v) is 5.26. The van der Waals surface area contributed by atoms with E-state index in [1.54, 1.807) is 32.4 Å². The zero-order valence-corrected chi connectivity index (χ0v) is 22.9. The molecule has 1 amide bonds. The van der Waals surface area contributed by atoms with Crippen LogP contribution in [0, 0.1) is 0 Å². The molecule has 1 saturated heterocycles. The highest BCUT2D eigenvalue weighted by atomic mass is 32.2. The SMILES string of the molecule is COc1ccc(NC(=O)CSC2=NC3(CCN(C)CC3)N=C2c2ccc(C(C)(C)C)cc2)cc1OC. The summed E-state index contributed by atoms with van der Waals surface area (Å²) in [7, 11) is 5.29. The van der Waals surface area contributed by atoms with Crippen molar-refractivity contribution in [1.82, 2.24) is 4.90 Å². The summed E-state index contributed by atoms with van der Waals surface area (Å²) in [5.41, 5.74) is 3.53. The molecule has 2 aromatic rings. The average molecular weight is 509 g/mol. The van der Waals surface area contributed by atoms with Gasteiger partial charge in [0.15, 0.2) is 17.2 Å². The van der Waals surface area contributed by atoms with Gasteiger partial charge >= 0.3 is 0 Å². The van der Waals surface area contributed by atoms with Gasteiger partial charge in [0, 0.05) is 43.2 Å². The van der Waals surface area contributed by atoms with Gasteiger partial charge in [-0.1, -0.05) is 56.8 Å². The molecule has 1 spiro atoms. The number of amides is 1. The van der Waals surface area contributed by atoms with Crippen molar-refractivity contribution >= 4 is 34.1 Å². The summed E-state index contributed by atoms with van der Waals surface area (Å²) in [5.74, 6) is 1.32. The first-order valence-electron chi connectivity index (χ1n) is 12.3. The quantitative estimate of drug-likeness (QED) is 0.595. The van der Waals surface area contributed by atoms with Crippen LogP contribution >= 0.6 is 11.8 Å². The normalized spacial score (nSPS) is 17.5. The summed E-state index contributed by atoms with van der Waals surface area (Å²) in [4.78, 5) is 25.4. The molecule has 0 radical (unpaired) electrons. The predicted molar refractivity (Wildman–Crippen MR) is 149 cm³/mol. The predicted octanol–water partition coefficient (Wildman–Crippen LogP) is 5.00. The van der Waals surface area contributed by atoms with Gasteiger partial charge in [0.25, 0.3) is 0 Å². The van der Waals surface area contributed by atoms with Crippen molar-refractivity contribution in [2.75, 3.05) is 45.4 Å². The van der Waals surface area contributed by atoms with Crippen molar-refractivity contribution in [1.29, 1.82) is 0 Å². The van der Waals surface area contributed by atoms with Gasteiger partial charge in [-0.15, -0.1) is 0 Å². The van der Waals surface area contributed by atoms with Gasteiger partial charge in [0.05, 0.1) is 25.7 Å². The Morgan fingerprint density at radius 3 is 2.31 bits per heavy atom. The standard InChI is InChI=1S/C28H36N4O3S/c1-27(2,3)20-9-7-19(8-10-20)25-26(31-28(30-25)13-15-32(4)16-14-28)36-18-24(33)29-21-11-12-22(34-5)23(17-21)35-6/h7-12,17H,13-16,18H2,1-6H3,(H,29,33). The highest BCUT2D eigenvalue weighted by Gasteiger charge is 2.39. The number of piperidine rings is 1. The van der Waals surface area contributed by atoms with Crippen molar-refractivity contribution in [2.45, 2.75) is 44.7 Å².